The number of fused-ring (bicyclic) bond motifs is 1. The molecule has 1 unspecified atom stereocenters. The summed E-state index contributed by atoms with van der Waals surface area (Å²) in [6.07, 6.45) is -4.37. The molecule has 0 radical (unpaired) electrons. The van der Waals surface area contributed by atoms with Gasteiger partial charge < -0.3 is 0 Å². The molecule has 2 nitrogen and oxygen atoms in total. The molecule has 1 aliphatic heterocycles. The van der Waals surface area contributed by atoms with Gasteiger partial charge in [-0.05, 0) is 32.0 Å². The van der Waals surface area contributed by atoms with Crippen LogP contribution in [-0.2, 0) is 11.0 Å². The summed E-state index contributed by atoms with van der Waals surface area (Å²) < 4.78 is 37.7. The number of ketones is 1. The number of hydrogen-bond donors (Lipinski definition) is 0. The lowest BCUT2D eigenvalue weighted by molar-refractivity contribution is -0.137. The normalized spacial score (nSPS) is 19.2. The highest BCUT2D eigenvalue weighted by Crippen LogP contribution is 2.41. The Balaban J connectivity index is 2.44. The fourth-order valence-electron chi connectivity index (χ4n) is 1.72. The maximum Gasteiger partial charge on any atom is 0.416 e. The summed E-state index contributed by atoms with van der Waals surface area (Å²) in [5.41, 5.74) is 0.101. The lowest BCUT2D eigenvalue weighted by Gasteiger charge is -2.21. The van der Waals surface area contributed by atoms with Gasteiger partial charge in [-0.25, -0.2) is 0 Å². The molecule has 1 aromatic rings. The number of carbonyl (C=O) groups is 1. The summed E-state index contributed by atoms with van der Waals surface area (Å²) in [7, 11) is 0. The first-order valence-corrected chi connectivity index (χ1v) is 6.10. The Labute approximate surface area is 106 Å². The molecule has 1 aliphatic rings. The number of Topliss-reactive ketones (excluding diaryl/α,β-unsaturated/α-hetero) is 1. The van der Waals surface area contributed by atoms with Crippen LogP contribution in [0.4, 0.5) is 18.9 Å². The minimum Gasteiger partial charge on any atom is -0.298 e. The van der Waals surface area contributed by atoms with Gasteiger partial charge in [-0.1, -0.05) is 0 Å². The third-order valence-corrected chi connectivity index (χ3v) is 4.08. The number of hydrogen-bond acceptors (Lipinski definition) is 3. The third kappa shape index (κ3) is 2.43. The van der Waals surface area contributed by atoms with Crippen LogP contribution in [0.5, 0.6) is 0 Å². The maximum atomic E-state index is 12.6. The van der Waals surface area contributed by atoms with Gasteiger partial charge in [0.25, 0.3) is 0 Å². The van der Waals surface area contributed by atoms with Crippen LogP contribution in [0.15, 0.2) is 28.1 Å². The summed E-state index contributed by atoms with van der Waals surface area (Å²) in [6, 6.07) is 3.40. The Morgan fingerprint density at radius 1 is 1.39 bits per heavy atom. The minimum atomic E-state index is -4.37. The van der Waals surface area contributed by atoms with E-state index in [0.29, 0.717) is 10.6 Å². The fourth-order valence-corrected chi connectivity index (χ4v) is 2.73. The van der Waals surface area contributed by atoms with Crippen molar-refractivity contribution in [2.75, 3.05) is 0 Å². The van der Waals surface area contributed by atoms with Crippen LogP contribution in [0.2, 0.25) is 0 Å². The van der Waals surface area contributed by atoms with Gasteiger partial charge in [0, 0.05) is 10.6 Å². The topological polar surface area (TPSA) is 29.4 Å². The Morgan fingerprint density at radius 3 is 2.61 bits per heavy atom. The minimum absolute atomic E-state index is 0.0493. The Kier molecular flexibility index (Phi) is 3.23. The fraction of sp³-hybridized carbons (Fsp3) is 0.333. The van der Waals surface area contributed by atoms with E-state index in [9.17, 15) is 18.0 Å². The first-order valence-electron chi connectivity index (χ1n) is 5.22. The van der Waals surface area contributed by atoms with Crippen molar-refractivity contribution < 1.29 is 18.0 Å². The molecule has 0 amide bonds. The molecule has 1 atom stereocenters. The van der Waals surface area contributed by atoms with Gasteiger partial charge in [0.2, 0.25) is 0 Å². The van der Waals surface area contributed by atoms with E-state index in [1.165, 1.54) is 24.8 Å². The van der Waals surface area contributed by atoms with Crippen LogP contribution in [0.25, 0.3) is 0 Å². The summed E-state index contributed by atoms with van der Waals surface area (Å²) in [4.78, 5) is 16.1. The van der Waals surface area contributed by atoms with Crippen molar-refractivity contribution in [3.63, 3.8) is 0 Å². The van der Waals surface area contributed by atoms with Gasteiger partial charge in [-0.2, -0.15) is 13.2 Å². The van der Waals surface area contributed by atoms with Crippen molar-refractivity contribution in [2.45, 2.75) is 30.2 Å². The number of carbonyl (C=O) groups excluding carboxylic acids is 1. The number of halogens is 3. The van der Waals surface area contributed by atoms with Crippen LogP contribution in [0, 0.1) is 0 Å². The van der Waals surface area contributed by atoms with Crippen LogP contribution < -0.4 is 0 Å². The second-order valence-corrected chi connectivity index (χ2v) is 5.19. The molecule has 18 heavy (non-hydrogen) atoms. The standard InChI is InChI=1S/C12H10F3NOS/c1-6-11(7(2)17)18-10-4-3-8(12(13,14)15)5-9(10)16-6/h3-5,11H,1-2H3. The van der Waals surface area contributed by atoms with E-state index in [-0.39, 0.29) is 11.5 Å². The first-order chi connectivity index (χ1) is 8.29. The summed E-state index contributed by atoms with van der Waals surface area (Å²) in [6.45, 7) is 3.11. The summed E-state index contributed by atoms with van der Waals surface area (Å²) in [5.74, 6) is -0.0493. The molecule has 1 aromatic carbocycles. The van der Waals surface area contributed by atoms with E-state index in [2.05, 4.69) is 4.99 Å². The van der Waals surface area contributed by atoms with E-state index in [1.807, 2.05) is 0 Å². The summed E-state index contributed by atoms with van der Waals surface area (Å²) in [5, 5.41) is -0.394. The number of benzene rings is 1. The average molecular weight is 273 g/mol. The molecule has 1 heterocycles. The van der Waals surface area contributed by atoms with E-state index in [0.717, 1.165) is 12.1 Å². The highest BCUT2D eigenvalue weighted by atomic mass is 32.2. The molecule has 96 valence electrons. The monoisotopic (exact) mass is 273 g/mol. The zero-order valence-corrected chi connectivity index (χ0v) is 10.5. The number of aliphatic imine (C=N–C) groups is 1. The van der Waals surface area contributed by atoms with Crippen molar-refractivity contribution in [2.24, 2.45) is 4.99 Å². The molecule has 0 saturated heterocycles. The summed E-state index contributed by atoms with van der Waals surface area (Å²) >= 11 is 1.24. The van der Waals surface area contributed by atoms with Crippen molar-refractivity contribution in [3.8, 4) is 0 Å². The molecule has 0 N–H and O–H groups in total. The zero-order chi connectivity index (χ0) is 13.5. The van der Waals surface area contributed by atoms with Crippen molar-refractivity contribution in [1.82, 2.24) is 0 Å². The number of rotatable bonds is 1. The van der Waals surface area contributed by atoms with Crippen molar-refractivity contribution in [1.29, 1.82) is 0 Å². The highest BCUT2D eigenvalue weighted by molar-refractivity contribution is 8.01. The van der Waals surface area contributed by atoms with Crippen molar-refractivity contribution >= 4 is 28.9 Å². The van der Waals surface area contributed by atoms with E-state index in [4.69, 9.17) is 0 Å². The molecular weight excluding hydrogens is 263 g/mol. The smallest absolute Gasteiger partial charge is 0.298 e. The quantitative estimate of drug-likeness (QED) is 0.777. The zero-order valence-electron chi connectivity index (χ0n) is 9.71. The average Bonchev–Trinajstić information content (AvgIpc) is 2.25. The highest BCUT2D eigenvalue weighted by Gasteiger charge is 2.32. The lowest BCUT2D eigenvalue weighted by Crippen LogP contribution is -2.24. The molecule has 0 aliphatic carbocycles. The van der Waals surface area contributed by atoms with E-state index >= 15 is 0 Å². The van der Waals surface area contributed by atoms with Crippen LogP contribution >= 0.6 is 11.8 Å². The molecular formula is C12H10F3NOS. The molecule has 0 bridgehead atoms. The Morgan fingerprint density at radius 2 is 2.06 bits per heavy atom. The predicted octanol–water partition coefficient (Wildman–Crippen LogP) is 3.86. The molecule has 0 saturated carbocycles. The third-order valence-electron chi connectivity index (χ3n) is 2.58. The van der Waals surface area contributed by atoms with E-state index in [1.54, 1.807) is 6.92 Å². The Hall–Kier alpha value is -1.30. The maximum absolute atomic E-state index is 12.6. The molecule has 6 heteroatoms. The first kappa shape index (κ1) is 13.1. The molecule has 2 rings (SSSR count). The van der Waals surface area contributed by atoms with Crippen LogP contribution in [0.3, 0.4) is 0 Å². The van der Waals surface area contributed by atoms with Crippen molar-refractivity contribution in [3.05, 3.63) is 23.8 Å². The van der Waals surface area contributed by atoms with E-state index < -0.39 is 17.0 Å². The second kappa shape index (κ2) is 4.42. The molecule has 0 spiro atoms. The van der Waals surface area contributed by atoms with Gasteiger partial charge in [0.05, 0.1) is 11.3 Å². The second-order valence-electron chi connectivity index (χ2n) is 4.04. The van der Waals surface area contributed by atoms with Gasteiger partial charge >= 0.3 is 6.18 Å². The Bertz CT molecular complexity index is 537. The van der Waals surface area contributed by atoms with Gasteiger partial charge in [0.1, 0.15) is 11.0 Å². The molecule has 0 fully saturated rings. The number of nitrogens with zero attached hydrogens (tertiary/aromatic N) is 1. The molecule has 0 aromatic heterocycles. The van der Waals surface area contributed by atoms with Gasteiger partial charge in [-0.15, -0.1) is 11.8 Å². The van der Waals surface area contributed by atoms with Gasteiger partial charge in [-0.3, -0.25) is 9.79 Å². The van der Waals surface area contributed by atoms with Crippen LogP contribution in [-0.4, -0.2) is 16.7 Å². The predicted molar refractivity (Wildman–Crippen MR) is 64.5 cm³/mol. The van der Waals surface area contributed by atoms with Crippen LogP contribution in [0.1, 0.15) is 19.4 Å². The van der Waals surface area contributed by atoms with Gasteiger partial charge in [0.15, 0.2) is 0 Å². The number of alkyl halides is 3. The lowest BCUT2D eigenvalue weighted by atomic mass is 10.1. The SMILES string of the molecule is CC(=O)C1Sc2ccc(C(F)(F)F)cc2N=C1C. The largest absolute Gasteiger partial charge is 0.416 e. The number of thioether (sulfide) groups is 1.